The van der Waals surface area contributed by atoms with Gasteiger partial charge in [-0.3, -0.25) is 14.5 Å². The highest BCUT2D eigenvalue weighted by molar-refractivity contribution is 5.99. The number of fused-ring (bicyclic) bond motifs is 1. The standard InChI is InChI=1S/C22H21N3O3/c1-22(13-20(27)25(2)21(23)24-22)16-8-5-6-14(10-16)11-17(26)19-12-15-7-3-4-9-18(15)28-19/h3-10,12H,11,13H2,1-2H3,(H2,23,24). The second kappa shape index (κ2) is 6.64. The molecule has 6 heteroatoms. The molecule has 2 heterocycles. The fourth-order valence-corrected chi connectivity index (χ4v) is 3.48. The molecule has 1 atom stereocenters. The molecule has 2 aromatic carbocycles. The molecule has 0 saturated carbocycles. The van der Waals surface area contributed by atoms with Crippen molar-refractivity contribution in [3.8, 4) is 0 Å². The number of nitrogens with two attached hydrogens (primary N) is 1. The zero-order valence-corrected chi connectivity index (χ0v) is 15.8. The maximum absolute atomic E-state index is 12.7. The third kappa shape index (κ3) is 3.17. The van der Waals surface area contributed by atoms with E-state index in [4.69, 9.17) is 10.2 Å². The molecule has 28 heavy (non-hydrogen) atoms. The van der Waals surface area contributed by atoms with Crippen LogP contribution in [0.1, 0.15) is 35.0 Å². The molecule has 1 amide bonds. The molecule has 1 aliphatic rings. The predicted molar refractivity (Wildman–Crippen MR) is 107 cm³/mol. The predicted octanol–water partition coefficient (Wildman–Crippen LogP) is 3.25. The van der Waals surface area contributed by atoms with Crippen LogP contribution < -0.4 is 5.73 Å². The average Bonchev–Trinajstić information content (AvgIpc) is 3.11. The van der Waals surface area contributed by atoms with Gasteiger partial charge >= 0.3 is 0 Å². The Bertz CT molecular complexity index is 1080. The van der Waals surface area contributed by atoms with E-state index in [0.717, 1.165) is 16.5 Å². The first-order chi connectivity index (χ1) is 13.4. The molecular weight excluding hydrogens is 354 g/mol. The molecule has 0 fully saturated rings. The van der Waals surface area contributed by atoms with Crippen molar-refractivity contribution in [3.05, 3.63) is 71.5 Å². The zero-order valence-electron chi connectivity index (χ0n) is 15.8. The molecular formula is C22H21N3O3. The summed E-state index contributed by atoms with van der Waals surface area (Å²) >= 11 is 0. The number of nitrogens with zero attached hydrogens (tertiary/aromatic N) is 2. The van der Waals surface area contributed by atoms with Crippen LogP contribution >= 0.6 is 0 Å². The monoisotopic (exact) mass is 375 g/mol. The first-order valence-electron chi connectivity index (χ1n) is 9.09. The molecule has 1 aliphatic heterocycles. The third-order valence-corrected chi connectivity index (χ3v) is 5.19. The van der Waals surface area contributed by atoms with E-state index in [1.807, 2.05) is 55.5 Å². The molecule has 0 saturated heterocycles. The normalized spacial score (nSPS) is 19.7. The highest BCUT2D eigenvalue weighted by atomic mass is 16.3. The van der Waals surface area contributed by atoms with Gasteiger partial charge in [0.15, 0.2) is 11.7 Å². The van der Waals surface area contributed by atoms with Gasteiger partial charge in [0.2, 0.25) is 11.7 Å². The van der Waals surface area contributed by atoms with Gasteiger partial charge in [0, 0.05) is 18.9 Å². The summed E-state index contributed by atoms with van der Waals surface area (Å²) in [5.74, 6) is 0.358. The number of amides is 1. The van der Waals surface area contributed by atoms with Crippen LogP contribution in [0.5, 0.6) is 0 Å². The summed E-state index contributed by atoms with van der Waals surface area (Å²) in [5.41, 5.74) is 7.54. The number of aliphatic imine (C=N–C) groups is 1. The van der Waals surface area contributed by atoms with Crippen LogP contribution in [-0.2, 0) is 16.8 Å². The summed E-state index contributed by atoms with van der Waals surface area (Å²) in [6.07, 6.45) is 0.433. The number of ketones is 1. The topological polar surface area (TPSA) is 88.9 Å². The Hall–Kier alpha value is -3.41. The smallest absolute Gasteiger partial charge is 0.231 e. The van der Waals surface area contributed by atoms with Gasteiger partial charge in [0.1, 0.15) is 5.58 Å². The molecule has 6 nitrogen and oxygen atoms in total. The van der Waals surface area contributed by atoms with Crippen LogP contribution in [0.4, 0.5) is 0 Å². The summed E-state index contributed by atoms with van der Waals surface area (Å²) in [4.78, 5) is 30.8. The number of furan rings is 1. The van der Waals surface area contributed by atoms with Gasteiger partial charge in [0.05, 0.1) is 12.0 Å². The van der Waals surface area contributed by atoms with Gasteiger partial charge < -0.3 is 10.2 Å². The minimum Gasteiger partial charge on any atom is -0.453 e. The lowest BCUT2D eigenvalue weighted by atomic mass is 9.86. The van der Waals surface area contributed by atoms with Crippen molar-refractivity contribution in [1.29, 1.82) is 0 Å². The number of hydrogen-bond donors (Lipinski definition) is 1. The fraction of sp³-hybridized carbons (Fsp3) is 0.227. The van der Waals surface area contributed by atoms with Gasteiger partial charge in [-0.25, -0.2) is 4.99 Å². The van der Waals surface area contributed by atoms with Gasteiger partial charge in [0.25, 0.3) is 0 Å². The van der Waals surface area contributed by atoms with Gasteiger partial charge in [-0.2, -0.15) is 0 Å². The number of benzene rings is 2. The van der Waals surface area contributed by atoms with E-state index in [-0.39, 0.29) is 30.5 Å². The number of Topliss-reactive ketones (excluding diaryl/α,β-unsaturated/α-hetero) is 1. The summed E-state index contributed by atoms with van der Waals surface area (Å²) in [6, 6.07) is 16.9. The van der Waals surface area contributed by atoms with E-state index in [9.17, 15) is 9.59 Å². The largest absolute Gasteiger partial charge is 0.453 e. The minimum atomic E-state index is -0.744. The van der Waals surface area contributed by atoms with Crippen molar-refractivity contribution in [2.75, 3.05) is 7.05 Å². The number of guanidine groups is 1. The lowest BCUT2D eigenvalue weighted by Crippen LogP contribution is -2.47. The Morgan fingerprint density at radius 2 is 2.00 bits per heavy atom. The first-order valence-corrected chi connectivity index (χ1v) is 9.09. The molecule has 4 rings (SSSR count). The highest BCUT2D eigenvalue weighted by Gasteiger charge is 2.36. The Morgan fingerprint density at radius 1 is 1.21 bits per heavy atom. The SMILES string of the molecule is CN1C(=O)CC(C)(c2cccc(CC(=O)c3cc4ccccc4o3)c2)N=C1N. The minimum absolute atomic E-state index is 0.0845. The van der Waals surface area contributed by atoms with Gasteiger partial charge in [-0.1, -0.05) is 42.5 Å². The van der Waals surface area contributed by atoms with E-state index in [2.05, 4.69) is 4.99 Å². The quantitative estimate of drug-likeness (QED) is 0.709. The molecule has 142 valence electrons. The molecule has 0 aliphatic carbocycles. The summed E-state index contributed by atoms with van der Waals surface area (Å²) in [6.45, 7) is 1.88. The van der Waals surface area contributed by atoms with Crippen molar-refractivity contribution in [3.63, 3.8) is 0 Å². The van der Waals surface area contributed by atoms with Crippen LogP contribution in [-0.4, -0.2) is 29.6 Å². The first kappa shape index (κ1) is 18.0. The molecule has 0 spiro atoms. The Morgan fingerprint density at radius 3 is 2.75 bits per heavy atom. The van der Waals surface area contributed by atoms with E-state index in [1.165, 1.54) is 4.90 Å². The summed E-state index contributed by atoms with van der Waals surface area (Å²) in [5, 5.41) is 0.904. The molecule has 0 radical (unpaired) electrons. The maximum atomic E-state index is 12.7. The van der Waals surface area contributed by atoms with Crippen LogP contribution in [0, 0.1) is 0 Å². The fourth-order valence-electron chi connectivity index (χ4n) is 3.48. The number of rotatable bonds is 4. The third-order valence-electron chi connectivity index (χ3n) is 5.19. The molecule has 1 unspecified atom stereocenters. The van der Waals surface area contributed by atoms with Gasteiger partial charge in [-0.05, 0) is 30.2 Å². The van der Waals surface area contributed by atoms with Crippen molar-refractivity contribution in [1.82, 2.24) is 4.90 Å². The number of carbonyl (C=O) groups is 2. The van der Waals surface area contributed by atoms with Crippen LogP contribution in [0.15, 0.2) is 64.0 Å². The number of para-hydroxylation sites is 1. The van der Waals surface area contributed by atoms with E-state index < -0.39 is 5.54 Å². The van der Waals surface area contributed by atoms with Crippen molar-refractivity contribution in [2.45, 2.75) is 25.3 Å². The summed E-state index contributed by atoms with van der Waals surface area (Å²) < 4.78 is 5.67. The van der Waals surface area contributed by atoms with Crippen LogP contribution in [0.25, 0.3) is 11.0 Å². The molecule has 2 N–H and O–H groups in total. The Labute approximate surface area is 162 Å². The van der Waals surface area contributed by atoms with Gasteiger partial charge in [-0.15, -0.1) is 0 Å². The second-order valence-electron chi connectivity index (χ2n) is 7.32. The van der Waals surface area contributed by atoms with Crippen molar-refractivity contribution in [2.24, 2.45) is 10.7 Å². The number of hydrogen-bond acceptors (Lipinski definition) is 5. The number of carbonyl (C=O) groups excluding carboxylic acids is 2. The van der Waals surface area contributed by atoms with E-state index in [0.29, 0.717) is 11.3 Å². The summed E-state index contributed by atoms with van der Waals surface area (Å²) in [7, 11) is 1.61. The second-order valence-corrected chi connectivity index (χ2v) is 7.32. The Balaban J connectivity index is 1.60. The van der Waals surface area contributed by atoms with Crippen molar-refractivity contribution >= 4 is 28.6 Å². The van der Waals surface area contributed by atoms with Crippen LogP contribution in [0.2, 0.25) is 0 Å². The van der Waals surface area contributed by atoms with E-state index in [1.54, 1.807) is 13.1 Å². The average molecular weight is 375 g/mol. The van der Waals surface area contributed by atoms with E-state index >= 15 is 0 Å². The maximum Gasteiger partial charge on any atom is 0.231 e. The molecule has 0 bridgehead atoms. The lowest BCUT2D eigenvalue weighted by molar-refractivity contribution is -0.128. The van der Waals surface area contributed by atoms with Crippen molar-refractivity contribution < 1.29 is 14.0 Å². The molecule has 1 aromatic heterocycles. The zero-order chi connectivity index (χ0) is 19.9. The Kier molecular flexibility index (Phi) is 4.26. The highest BCUT2D eigenvalue weighted by Crippen LogP contribution is 2.33. The molecule has 3 aromatic rings. The lowest BCUT2D eigenvalue weighted by Gasteiger charge is -2.33. The van der Waals surface area contributed by atoms with Crippen LogP contribution in [0.3, 0.4) is 0 Å².